The molecule has 2 unspecified atom stereocenters. The predicted molar refractivity (Wildman–Crippen MR) is 141 cm³/mol. The quantitative estimate of drug-likeness (QED) is 0.339. The molecule has 0 bridgehead atoms. The number of benzene rings is 3. The molecule has 0 saturated carbocycles. The minimum Gasteiger partial charge on any atom is -0.384 e. The van der Waals surface area contributed by atoms with Crippen LogP contribution < -0.4 is 5.32 Å². The maximum atomic E-state index is 12.3. The van der Waals surface area contributed by atoms with E-state index in [0.717, 1.165) is 54.4 Å². The van der Waals surface area contributed by atoms with Crippen LogP contribution in [0.4, 0.5) is 0 Å². The normalized spacial score (nSPS) is 17.1. The van der Waals surface area contributed by atoms with E-state index in [9.17, 15) is 5.11 Å². The average Bonchev–Trinajstić information content (AvgIpc) is 3.30. The highest BCUT2D eigenvalue weighted by Gasteiger charge is 2.47. The van der Waals surface area contributed by atoms with Crippen molar-refractivity contribution in [3.8, 4) is 11.4 Å². The highest BCUT2D eigenvalue weighted by molar-refractivity contribution is 6.30. The Labute approximate surface area is 211 Å². The molecule has 0 spiro atoms. The first-order chi connectivity index (χ1) is 17.1. The summed E-state index contributed by atoms with van der Waals surface area (Å²) in [6, 6.07) is 28.4. The SMILES string of the molecule is Cc1[nH]c(-c2ccccc2)nc1C(O)C(Cc1ccccc1)(c1ccc(Cl)cc1)N1CCNCC1. The van der Waals surface area contributed by atoms with Crippen LogP contribution in [0.1, 0.15) is 28.6 Å². The van der Waals surface area contributed by atoms with Crippen LogP contribution in [0, 0.1) is 6.92 Å². The number of hydrogen-bond donors (Lipinski definition) is 3. The summed E-state index contributed by atoms with van der Waals surface area (Å²) in [7, 11) is 0. The van der Waals surface area contributed by atoms with E-state index in [1.165, 1.54) is 0 Å². The third-order valence-electron chi connectivity index (χ3n) is 7.02. The Morgan fingerprint density at radius 2 is 1.57 bits per heavy atom. The molecule has 3 N–H and O–H groups in total. The zero-order chi connectivity index (χ0) is 24.3. The summed E-state index contributed by atoms with van der Waals surface area (Å²) >= 11 is 6.30. The zero-order valence-corrected chi connectivity index (χ0v) is 20.7. The molecule has 3 aromatic carbocycles. The first-order valence-electron chi connectivity index (χ1n) is 12.1. The number of aromatic nitrogens is 2. The third kappa shape index (κ3) is 4.78. The summed E-state index contributed by atoms with van der Waals surface area (Å²) in [5.41, 5.74) is 4.02. The van der Waals surface area contributed by atoms with E-state index >= 15 is 0 Å². The van der Waals surface area contributed by atoms with Gasteiger partial charge in [-0.25, -0.2) is 4.98 Å². The van der Waals surface area contributed by atoms with E-state index in [1.54, 1.807) is 0 Å². The van der Waals surface area contributed by atoms with Gasteiger partial charge in [-0.2, -0.15) is 0 Å². The van der Waals surface area contributed by atoms with Crippen molar-refractivity contribution in [2.24, 2.45) is 0 Å². The molecule has 0 amide bonds. The minimum atomic E-state index is -0.865. The van der Waals surface area contributed by atoms with Crippen LogP contribution in [0.2, 0.25) is 5.02 Å². The van der Waals surface area contributed by atoms with E-state index in [2.05, 4.69) is 51.6 Å². The molecule has 1 aliphatic heterocycles. The van der Waals surface area contributed by atoms with Gasteiger partial charge in [0.15, 0.2) is 0 Å². The Morgan fingerprint density at radius 3 is 2.23 bits per heavy atom. The van der Waals surface area contributed by atoms with Gasteiger partial charge in [0.2, 0.25) is 0 Å². The first kappa shape index (κ1) is 23.8. The van der Waals surface area contributed by atoms with Crippen molar-refractivity contribution < 1.29 is 5.11 Å². The molecule has 1 saturated heterocycles. The first-order valence-corrected chi connectivity index (χ1v) is 12.5. The molecule has 4 aromatic rings. The van der Waals surface area contributed by atoms with Gasteiger partial charge in [0, 0.05) is 42.5 Å². The fraction of sp³-hybridized carbons (Fsp3) is 0.276. The predicted octanol–water partition coefficient (Wildman–Crippen LogP) is 5.12. The standard InChI is InChI=1S/C29H31ClN4O/c1-21-26(33-28(32-21)23-10-6-3-7-11-23)27(35)29(34-18-16-31-17-19-34,20-22-8-4-2-5-9-22)24-12-14-25(30)15-13-24/h2-15,27,31,35H,16-20H2,1H3,(H,32,33). The lowest BCUT2D eigenvalue weighted by Crippen LogP contribution is -2.58. The van der Waals surface area contributed by atoms with Crippen LogP contribution in [-0.4, -0.2) is 46.2 Å². The number of aryl methyl sites for hydroxylation is 1. The average molecular weight is 487 g/mol. The molecule has 5 nitrogen and oxygen atoms in total. The molecule has 0 radical (unpaired) electrons. The molecule has 35 heavy (non-hydrogen) atoms. The number of halogens is 1. The molecule has 1 fully saturated rings. The number of aromatic amines is 1. The molecule has 180 valence electrons. The van der Waals surface area contributed by atoms with Gasteiger partial charge < -0.3 is 15.4 Å². The van der Waals surface area contributed by atoms with Gasteiger partial charge in [0.05, 0.1) is 11.2 Å². The largest absolute Gasteiger partial charge is 0.384 e. The van der Waals surface area contributed by atoms with Gasteiger partial charge in [-0.1, -0.05) is 84.4 Å². The molecule has 6 heteroatoms. The molecule has 0 aliphatic carbocycles. The van der Waals surface area contributed by atoms with Crippen LogP contribution in [0.25, 0.3) is 11.4 Å². The van der Waals surface area contributed by atoms with Crippen molar-refractivity contribution in [1.82, 2.24) is 20.2 Å². The number of rotatable bonds is 7. The molecule has 5 rings (SSSR count). The summed E-state index contributed by atoms with van der Waals surface area (Å²) in [6.45, 7) is 5.37. The Hall–Kier alpha value is -2.96. The van der Waals surface area contributed by atoms with Crippen LogP contribution >= 0.6 is 11.6 Å². The topological polar surface area (TPSA) is 64.2 Å². The summed E-state index contributed by atoms with van der Waals surface area (Å²) in [6.07, 6.45) is -0.223. The number of hydrogen-bond acceptors (Lipinski definition) is 4. The second-order valence-electron chi connectivity index (χ2n) is 9.19. The van der Waals surface area contributed by atoms with Crippen LogP contribution in [0.3, 0.4) is 0 Å². The molecule has 1 aromatic heterocycles. The minimum absolute atomic E-state index is 0.642. The summed E-state index contributed by atoms with van der Waals surface area (Å²) < 4.78 is 0. The molecule has 2 heterocycles. The second-order valence-corrected chi connectivity index (χ2v) is 9.63. The van der Waals surface area contributed by atoms with E-state index < -0.39 is 11.6 Å². The lowest BCUT2D eigenvalue weighted by Gasteiger charge is -2.49. The van der Waals surface area contributed by atoms with E-state index in [4.69, 9.17) is 16.6 Å². The highest BCUT2D eigenvalue weighted by atomic mass is 35.5. The smallest absolute Gasteiger partial charge is 0.137 e. The zero-order valence-electron chi connectivity index (χ0n) is 19.9. The van der Waals surface area contributed by atoms with Crippen molar-refractivity contribution in [3.05, 3.63) is 112 Å². The molecule has 2 atom stereocenters. The second kappa shape index (κ2) is 10.3. The molecular formula is C29H31ClN4O. The number of piperazine rings is 1. The monoisotopic (exact) mass is 486 g/mol. The van der Waals surface area contributed by atoms with Gasteiger partial charge in [0.1, 0.15) is 11.9 Å². The Kier molecular flexibility index (Phi) is 7.02. The van der Waals surface area contributed by atoms with Gasteiger partial charge in [-0.15, -0.1) is 0 Å². The number of H-pyrrole nitrogens is 1. The van der Waals surface area contributed by atoms with Crippen molar-refractivity contribution in [3.63, 3.8) is 0 Å². The fourth-order valence-electron chi connectivity index (χ4n) is 5.23. The number of aliphatic hydroxyl groups is 1. The van der Waals surface area contributed by atoms with Crippen LogP contribution in [0.15, 0.2) is 84.9 Å². The summed E-state index contributed by atoms with van der Waals surface area (Å²) in [4.78, 5) is 10.8. The fourth-order valence-corrected chi connectivity index (χ4v) is 5.36. The van der Waals surface area contributed by atoms with Crippen LogP contribution in [0.5, 0.6) is 0 Å². The maximum absolute atomic E-state index is 12.3. The number of aliphatic hydroxyl groups excluding tert-OH is 1. The maximum Gasteiger partial charge on any atom is 0.137 e. The van der Waals surface area contributed by atoms with Gasteiger partial charge in [0.25, 0.3) is 0 Å². The molecule has 1 aliphatic rings. The summed E-state index contributed by atoms with van der Waals surface area (Å²) in [5.74, 6) is 0.766. The van der Waals surface area contributed by atoms with E-state index in [1.807, 2.05) is 55.5 Å². The number of imidazole rings is 1. The Morgan fingerprint density at radius 1 is 0.943 bits per heavy atom. The van der Waals surface area contributed by atoms with Gasteiger partial charge >= 0.3 is 0 Å². The number of nitrogens with one attached hydrogen (secondary N) is 2. The van der Waals surface area contributed by atoms with Crippen molar-refractivity contribution in [2.45, 2.75) is 25.0 Å². The van der Waals surface area contributed by atoms with E-state index in [-0.39, 0.29) is 0 Å². The summed E-state index contributed by atoms with van der Waals surface area (Å²) in [5, 5.41) is 16.5. The van der Waals surface area contributed by atoms with Crippen LogP contribution in [-0.2, 0) is 12.0 Å². The van der Waals surface area contributed by atoms with Crippen molar-refractivity contribution >= 4 is 11.6 Å². The van der Waals surface area contributed by atoms with Gasteiger partial charge in [-0.05, 0) is 36.6 Å². The highest BCUT2D eigenvalue weighted by Crippen LogP contribution is 2.44. The number of nitrogens with zero attached hydrogens (tertiary/aromatic N) is 2. The van der Waals surface area contributed by atoms with E-state index in [0.29, 0.717) is 17.1 Å². The third-order valence-corrected chi connectivity index (χ3v) is 7.27. The van der Waals surface area contributed by atoms with Crippen molar-refractivity contribution in [2.75, 3.05) is 26.2 Å². The van der Waals surface area contributed by atoms with Gasteiger partial charge in [-0.3, -0.25) is 4.90 Å². The lowest BCUT2D eigenvalue weighted by atomic mass is 9.75. The lowest BCUT2D eigenvalue weighted by molar-refractivity contribution is -0.0482. The van der Waals surface area contributed by atoms with Crippen molar-refractivity contribution in [1.29, 1.82) is 0 Å². The Bertz CT molecular complexity index is 1240. The molecular weight excluding hydrogens is 456 g/mol. The Balaban J connectivity index is 1.67.